The van der Waals surface area contributed by atoms with E-state index >= 15 is 0 Å². The molecule has 0 bridgehead atoms. The van der Waals surface area contributed by atoms with Gasteiger partial charge in [-0.2, -0.15) is 0 Å². The molecule has 1 heterocycles. The molecule has 5 heteroatoms. The van der Waals surface area contributed by atoms with E-state index in [2.05, 4.69) is 26.2 Å². The first-order valence-electron chi connectivity index (χ1n) is 4.59. The Balaban J connectivity index is 2.38. The third kappa shape index (κ3) is 2.14. The fraction of sp³-hybridized carbons (Fsp3) is 0. The largest absolute Gasteiger partial charge is 0.396 e. The Morgan fingerprint density at radius 3 is 2.81 bits per heavy atom. The van der Waals surface area contributed by atoms with Crippen LogP contribution in [0, 0.1) is 5.82 Å². The van der Waals surface area contributed by atoms with Crippen LogP contribution in [0.3, 0.4) is 0 Å². The number of hydrogen-bond donors (Lipinski definition) is 2. The van der Waals surface area contributed by atoms with Gasteiger partial charge in [-0.3, -0.25) is 4.98 Å². The molecule has 0 saturated heterocycles. The number of rotatable bonds is 2. The number of nitrogens with one attached hydrogen (secondary N) is 1. The third-order valence-electron chi connectivity index (χ3n) is 2.07. The van der Waals surface area contributed by atoms with Gasteiger partial charge in [0.25, 0.3) is 0 Å². The lowest BCUT2D eigenvalue weighted by Gasteiger charge is -2.10. The topological polar surface area (TPSA) is 50.9 Å². The fourth-order valence-corrected chi connectivity index (χ4v) is 1.71. The van der Waals surface area contributed by atoms with Crippen molar-refractivity contribution in [1.29, 1.82) is 0 Å². The molecule has 0 aliphatic rings. The van der Waals surface area contributed by atoms with E-state index in [4.69, 9.17) is 5.73 Å². The second-order valence-electron chi connectivity index (χ2n) is 3.18. The average Bonchev–Trinajstić information content (AvgIpc) is 2.26. The first-order chi connectivity index (χ1) is 7.68. The SMILES string of the molecule is Nc1cnccc1Nc1c(F)cccc1Br. The van der Waals surface area contributed by atoms with Crippen molar-refractivity contribution in [1.82, 2.24) is 4.98 Å². The van der Waals surface area contributed by atoms with E-state index in [1.54, 1.807) is 24.4 Å². The number of para-hydroxylation sites is 1. The van der Waals surface area contributed by atoms with Crippen molar-refractivity contribution in [2.45, 2.75) is 0 Å². The van der Waals surface area contributed by atoms with Gasteiger partial charge in [0.05, 0.1) is 23.3 Å². The van der Waals surface area contributed by atoms with E-state index in [0.29, 0.717) is 21.5 Å². The van der Waals surface area contributed by atoms with Crippen LogP contribution < -0.4 is 11.1 Å². The second-order valence-corrected chi connectivity index (χ2v) is 4.04. The lowest BCUT2D eigenvalue weighted by atomic mass is 10.2. The summed E-state index contributed by atoms with van der Waals surface area (Å²) >= 11 is 3.27. The Morgan fingerprint density at radius 2 is 2.12 bits per heavy atom. The van der Waals surface area contributed by atoms with E-state index in [-0.39, 0.29) is 5.82 Å². The van der Waals surface area contributed by atoms with Crippen LogP contribution in [0.1, 0.15) is 0 Å². The van der Waals surface area contributed by atoms with Gasteiger partial charge >= 0.3 is 0 Å². The van der Waals surface area contributed by atoms with Crippen molar-refractivity contribution in [3.8, 4) is 0 Å². The minimum absolute atomic E-state index is 0.342. The maximum Gasteiger partial charge on any atom is 0.147 e. The molecule has 0 radical (unpaired) electrons. The molecule has 0 atom stereocenters. The van der Waals surface area contributed by atoms with Gasteiger partial charge in [-0.1, -0.05) is 6.07 Å². The predicted molar refractivity (Wildman–Crippen MR) is 66.0 cm³/mol. The summed E-state index contributed by atoms with van der Waals surface area (Å²) in [5, 5.41) is 2.92. The monoisotopic (exact) mass is 281 g/mol. The van der Waals surface area contributed by atoms with Crippen molar-refractivity contribution in [3.05, 3.63) is 46.9 Å². The molecule has 0 saturated carbocycles. The highest BCUT2D eigenvalue weighted by molar-refractivity contribution is 9.10. The van der Waals surface area contributed by atoms with Crippen LogP contribution in [0.25, 0.3) is 0 Å². The van der Waals surface area contributed by atoms with E-state index < -0.39 is 0 Å². The van der Waals surface area contributed by atoms with Gasteiger partial charge in [0.1, 0.15) is 5.82 Å². The van der Waals surface area contributed by atoms with Crippen LogP contribution >= 0.6 is 15.9 Å². The molecule has 0 fully saturated rings. The summed E-state index contributed by atoms with van der Waals surface area (Å²) < 4.78 is 14.2. The summed E-state index contributed by atoms with van der Waals surface area (Å²) in [6, 6.07) is 6.45. The summed E-state index contributed by atoms with van der Waals surface area (Å²) in [7, 11) is 0. The number of halogens is 2. The Hall–Kier alpha value is -1.62. The van der Waals surface area contributed by atoms with Crippen LogP contribution in [0.2, 0.25) is 0 Å². The minimum Gasteiger partial charge on any atom is -0.396 e. The van der Waals surface area contributed by atoms with Crippen LogP contribution in [0.15, 0.2) is 41.1 Å². The van der Waals surface area contributed by atoms with Crippen LogP contribution in [0.5, 0.6) is 0 Å². The zero-order valence-electron chi connectivity index (χ0n) is 8.24. The molecule has 0 spiro atoms. The maximum atomic E-state index is 13.5. The molecule has 2 rings (SSSR count). The molecule has 0 amide bonds. The Kier molecular flexibility index (Phi) is 3.05. The third-order valence-corrected chi connectivity index (χ3v) is 2.74. The quantitative estimate of drug-likeness (QED) is 0.888. The number of pyridine rings is 1. The normalized spacial score (nSPS) is 10.1. The fourth-order valence-electron chi connectivity index (χ4n) is 1.27. The molecular formula is C11H9BrFN3. The lowest BCUT2D eigenvalue weighted by Crippen LogP contribution is -1.99. The first-order valence-corrected chi connectivity index (χ1v) is 5.38. The Morgan fingerprint density at radius 1 is 1.31 bits per heavy atom. The van der Waals surface area contributed by atoms with Crippen LogP contribution in [-0.4, -0.2) is 4.98 Å². The number of anilines is 3. The minimum atomic E-state index is -0.342. The van der Waals surface area contributed by atoms with Gasteiger partial charge in [0, 0.05) is 10.7 Å². The number of benzene rings is 1. The summed E-state index contributed by atoms with van der Waals surface area (Å²) in [6.45, 7) is 0. The van der Waals surface area contributed by atoms with Crippen molar-refractivity contribution >= 4 is 33.0 Å². The molecule has 16 heavy (non-hydrogen) atoms. The highest BCUT2D eigenvalue weighted by Crippen LogP contribution is 2.30. The zero-order chi connectivity index (χ0) is 11.5. The van der Waals surface area contributed by atoms with Gasteiger partial charge in [-0.05, 0) is 34.1 Å². The van der Waals surface area contributed by atoms with E-state index in [1.165, 1.54) is 12.3 Å². The van der Waals surface area contributed by atoms with E-state index in [0.717, 1.165) is 0 Å². The highest BCUT2D eigenvalue weighted by atomic mass is 79.9. The zero-order valence-corrected chi connectivity index (χ0v) is 9.83. The standard InChI is InChI=1S/C11H9BrFN3/c12-7-2-1-3-8(13)11(7)16-10-4-5-15-6-9(10)14/h1-6H,14H2,(H,15,16). The highest BCUT2D eigenvalue weighted by Gasteiger charge is 2.07. The predicted octanol–water partition coefficient (Wildman–Crippen LogP) is 3.31. The number of hydrogen-bond acceptors (Lipinski definition) is 3. The summed E-state index contributed by atoms with van der Waals surface area (Å²) in [4.78, 5) is 3.86. The lowest BCUT2D eigenvalue weighted by molar-refractivity contribution is 0.631. The molecule has 2 aromatic rings. The van der Waals surface area contributed by atoms with Crippen molar-refractivity contribution in [2.75, 3.05) is 11.1 Å². The Labute approximate surface area is 101 Å². The molecule has 0 unspecified atom stereocenters. The van der Waals surface area contributed by atoms with Gasteiger partial charge in [-0.25, -0.2) is 4.39 Å². The van der Waals surface area contributed by atoms with Crippen molar-refractivity contribution < 1.29 is 4.39 Å². The smallest absolute Gasteiger partial charge is 0.147 e. The summed E-state index contributed by atoms with van der Waals surface area (Å²) in [6.07, 6.45) is 3.10. The van der Waals surface area contributed by atoms with Gasteiger partial charge < -0.3 is 11.1 Å². The van der Waals surface area contributed by atoms with Gasteiger partial charge in [0.15, 0.2) is 0 Å². The molecule has 3 nitrogen and oxygen atoms in total. The number of nitrogens with zero attached hydrogens (tertiary/aromatic N) is 1. The maximum absolute atomic E-state index is 13.5. The van der Waals surface area contributed by atoms with Crippen LogP contribution in [-0.2, 0) is 0 Å². The molecular weight excluding hydrogens is 273 g/mol. The molecule has 82 valence electrons. The summed E-state index contributed by atoms with van der Waals surface area (Å²) in [5.74, 6) is -0.342. The van der Waals surface area contributed by atoms with Crippen molar-refractivity contribution in [2.24, 2.45) is 0 Å². The number of nitrogens with two attached hydrogens (primary N) is 1. The molecule has 1 aromatic carbocycles. The number of nitrogen functional groups attached to an aromatic ring is 1. The Bertz CT molecular complexity index is 496. The molecule has 0 aliphatic carbocycles. The average molecular weight is 282 g/mol. The summed E-state index contributed by atoms with van der Waals surface area (Å²) in [5.41, 5.74) is 7.16. The second kappa shape index (κ2) is 4.49. The number of aromatic nitrogens is 1. The van der Waals surface area contributed by atoms with Crippen LogP contribution in [0.4, 0.5) is 21.5 Å². The van der Waals surface area contributed by atoms with Gasteiger partial charge in [-0.15, -0.1) is 0 Å². The van der Waals surface area contributed by atoms with Gasteiger partial charge in [0.2, 0.25) is 0 Å². The van der Waals surface area contributed by atoms with Crippen molar-refractivity contribution in [3.63, 3.8) is 0 Å². The van der Waals surface area contributed by atoms with E-state index in [9.17, 15) is 4.39 Å². The molecule has 0 aliphatic heterocycles. The first kappa shape index (κ1) is 10.9. The molecule has 3 N–H and O–H groups in total. The molecule has 1 aromatic heterocycles. The van der Waals surface area contributed by atoms with E-state index in [1.807, 2.05) is 0 Å².